The fraction of sp³-hybridized carbons (Fsp3) is 0.0769. The van der Waals surface area contributed by atoms with Crippen molar-refractivity contribution in [1.29, 1.82) is 0 Å². The lowest BCUT2D eigenvalue weighted by Crippen LogP contribution is -1.91. The molecule has 4 heteroatoms. The minimum Gasteiger partial charge on any atom is -0.219 e. The van der Waals surface area contributed by atoms with E-state index in [0.29, 0.717) is 5.02 Å². The smallest absolute Gasteiger partial charge is 0.156 e. The van der Waals surface area contributed by atoms with Crippen LogP contribution in [-0.4, -0.2) is 14.6 Å². The highest BCUT2D eigenvalue weighted by Crippen LogP contribution is 2.11. The van der Waals surface area contributed by atoms with Crippen molar-refractivity contribution in [1.82, 2.24) is 14.6 Å². The van der Waals surface area contributed by atoms with Crippen LogP contribution in [0.5, 0.6) is 0 Å². The quantitative estimate of drug-likeness (QED) is 0.693. The van der Waals surface area contributed by atoms with Crippen molar-refractivity contribution in [2.45, 2.75) is 6.42 Å². The fourth-order valence-electron chi connectivity index (χ4n) is 1.76. The summed E-state index contributed by atoms with van der Waals surface area (Å²) in [5.74, 6) is 0.804. The van der Waals surface area contributed by atoms with Gasteiger partial charge in [0.1, 0.15) is 0 Å². The molecule has 0 aliphatic carbocycles. The molecule has 0 N–H and O–H groups in total. The summed E-state index contributed by atoms with van der Waals surface area (Å²) in [5.41, 5.74) is 2.02. The van der Waals surface area contributed by atoms with Crippen LogP contribution in [0, 0.1) is 0 Å². The van der Waals surface area contributed by atoms with Gasteiger partial charge in [-0.3, -0.25) is 0 Å². The van der Waals surface area contributed by atoms with Gasteiger partial charge in [0.15, 0.2) is 11.5 Å². The summed E-state index contributed by atoms with van der Waals surface area (Å²) in [4.78, 5) is 4.44. The van der Waals surface area contributed by atoms with Crippen molar-refractivity contribution in [3.63, 3.8) is 0 Å². The average Bonchev–Trinajstić information content (AvgIpc) is 2.71. The van der Waals surface area contributed by atoms with E-state index in [2.05, 4.69) is 22.2 Å². The molecule has 0 saturated carbocycles. The zero-order valence-electron chi connectivity index (χ0n) is 9.05. The van der Waals surface area contributed by atoms with Gasteiger partial charge in [0.05, 0.1) is 5.02 Å². The minimum atomic E-state index is 0.661. The van der Waals surface area contributed by atoms with E-state index < -0.39 is 0 Å². The number of nitrogens with zero attached hydrogens (tertiary/aromatic N) is 3. The standard InChI is InChI=1S/C13H10ClN3/c14-11-6-7-13-15-12(16-17(13)9-11)8-10-4-2-1-3-5-10/h1-7,9H,8H2. The number of pyridine rings is 1. The molecular formula is C13H10ClN3. The molecule has 0 aliphatic heterocycles. The molecule has 0 unspecified atom stereocenters. The third-order valence-electron chi connectivity index (χ3n) is 2.54. The van der Waals surface area contributed by atoms with Gasteiger partial charge >= 0.3 is 0 Å². The second kappa shape index (κ2) is 4.18. The van der Waals surface area contributed by atoms with Crippen LogP contribution >= 0.6 is 11.6 Å². The maximum atomic E-state index is 5.90. The summed E-state index contributed by atoms with van der Waals surface area (Å²) >= 11 is 5.90. The van der Waals surface area contributed by atoms with Crippen molar-refractivity contribution in [2.24, 2.45) is 0 Å². The molecule has 0 amide bonds. The molecule has 0 radical (unpaired) electrons. The van der Waals surface area contributed by atoms with Gasteiger partial charge < -0.3 is 0 Å². The first-order valence-corrected chi connectivity index (χ1v) is 5.74. The monoisotopic (exact) mass is 243 g/mol. The molecule has 3 nitrogen and oxygen atoms in total. The Morgan fingerprint density at radius 2 is 1.88 bits per heavy atom. The van der Waals surface area contributed by atoms with Gasteiger partial charge in [0.2, 0.25) is 0 Å². The summed E-state index contributed by atoms with van der Waals surface area (Å²) < 4.78 is 1.71. The normalized spacial score (nSPS) is 10.9. The molecule has 0 bridgehead atoms. The van der Waals surface area contributed by atoms with E-state index in [9.17, 15) is 0 Å². The van der Waals surface area contributed by atoms with E-state index in [0.717, 1.165) is 17.9 Å². The van der Waals surface area contributed by atoms with Crippen molar-refractivity contribution in [3.05, 3.63) is 65.1 Å². The van der Waals surface area contributed by atoms with E-state index in [-0.39, 0.29) is 0 Å². The maximum absolute atomic E-state index is 5.90. The second-order valence-corrected chi connectivity index (χ2v) is 4.28. The third kappa shape index (κ3) is 2.15. The van der Waals surface area contributed by atoms with Crippen LogP contribution in [0.3, 0.4) is 0 Å². The Bertz CT molecular complexity index is 646. The van der Waals surface area contributed by atoms with Gasteiger partial charge in [0, 0.05) is 12.6 Å². The van der Waals surface area contributed by atoms with Gasteiger partial charge in [-0.25, -0.2) is 9.50 Å². The van der Waals surface area contributed by atoms with Crippen LogP contribution < -0.4 is 0 Å². The molecule has 0 fully saturated rings. The molecule has 3 aromatic rings. The Balaban J connectivity index is 1.96. The van der Waals surface area contributed by atoms with Crippen LogP contribution in [0.15, 0.2) is 48.7 Å². The van der Waals surface area contributed by atoms with Gasteiger partial charge in [-0.1, -0.05) is 41.9 Å². The molecule has 2 heterocycles. The summed E-state index contributed by atoms with van der Waals surface area (Å²) in [7, 11) is 0. The van der Waals surface area contributed by atoms with Gasteiger partial charge in [-0.15, -0.1) is 0 Å². The number of hydrogen-bond donors (Lipinski definition) is 0. The van der Waals surface area contributed by atoms with E-state index in [1.807, 2.05) is 30.3 Å². The van der Waals surface area contributed by atoms with E-state index in [1.54, 1.807) is 10.7 Å². The SMILES string of the molecule is Clc1ccc2nc(Cc3ccccc3)nn2c1. The molecular weight excluding hydrogens is 234 g/mol. The molecule has 0 atom stereocenters. The second-order valence-electron chi connectivity index (χ2n) is 3.84. The first-order chi connectivity index (χ1) is 8.31. The Hall–Kier alpha value is -1.87. The Morgan fingerprint density at radius 3 is 2.71 bits per heavy atom. The Kier molecular flexibility index (Phi) is 2.53. The van der Waals surface area contributed by atoms with Gasteiger partial charge in [-0.2, -0.15) is 5.10 Å². The van der Waals surface area contributed by atoms with E-state index in [1.165, 1.54) is 5.56 Å². The highest BCUT2D eigenvalue weighted by Gasteiger charge is 2.04. The lowest BCUT2D eigenvalue weighted by molar-refractivity contribution is 0.900. The molecule has 0 aliphatic rings. The van der Waals surface area contributed by atoms with E-state index in [4.69, 9.17) is 11.6 Å². The number of aromatic nitrogens is 3. The zero-order chi connectivity index (χ0) is 11.7. The van der Waals surface area contributed by atoms with Crippen LogP contribution in [0.4, 0.5) is 0 Å². The molecule has 0 spiro atoms. The summed E-state index contributed by atoms with van der Waals surface area (Å²) in [6, 6.07) is 13.9. The third-order valence-corrected chi connectivity index (χ3v) is 2.77. The highest BCUT2D eigenvalue weighted by atomic mass is 35.5. The Morgan fingerprint density at radius 1 is 1.06 bits per heavy atom. The molecule has 84 valence electrons. The largest absolute Gasteiger partial charge is 0.219 e. The molecule has 2 aromatic heterocycles. The Labute approximate surface area is 104 Å². The number of fused-ring (bicyclic) bond motifs is 1. The van der Waals surface area contributed by atoms with Crippen LogP contribution in [0.25, 0.3) is 5.65 Å². The first-order valence-electron chi connectivity index (χ1n) is 5.36. The number of rotatable bonds is 2. The number of halogens is 1. The average molecular weight is 244 g/mol. The number of hydrogen-bond acceptors (Lipinski definition) is 2. The van der Waals surface area contributed by atoms with Crippen LogP contribution in [0.2, 0.25) is 5.02 Å². The lowest BCUT2D eigenvalue weighted by Gasteiger charge is -1.94. The zero-order valence-corrected chi connectivity index (χ0v) is 9.80. The fourth-order valence-corrected chi connectivity index (χ4v) is 1.91. The summed E-state index contributed by atoms with van der Waals surface area (Å²) in [5, 5.41) is 5.05. The van der Waals surface area contributed by atoms with Gasteiger partial charge in [0.25, 0.3) is 0 Å². The highest BCUT2D eigenvalue weighted by molar-refractivity contribution is 6.30. The number of benzene rings is 1. The van der Waals surface area contributed by atoms with Gasteiger partial charge in [-0.05, 0) is 17.7 Å². The molecule has 0 saturated heterocycles. The topological polar surface area (TPSA) is 30.2 Å². The summed E-state index contributed by atoms with van der Waals surface area (Å²) in [6.07, 6.45) is 2.50. The van der Waals surface area contributed by atoms with Crippen molar-refractivity contribution < 1.29 is 0 Å². The maximum Gasteiger partial charge on any atom is 0.156 e. The lowest BCUT2D eigenvalue weighted by atomic mass is 10.1. The molecule has 1 aromatic carbocycles. The van der Waals surface area contributed by atoms with E-state index >= 15 is 0 Å². The first kappa shape index (κ1) is 10.3. The molecule has 3 rings (SSSR count). The van der Waals surface area contributed by atoms with Crippen molar-refractivity contribution in [3.8, 4) is 0 Å². The van der Waals surface area contributed by atoms with Crippen LogP contribution in [0.1, 0.15) is 11.4 Å². The van der Waals surface area contributed by atoms with Crippen molar-refractivity contribution in [2.75, 3.05) is 0 Å². The minimum absolute atomic E-state index is 0.661. The predicted molar refractivity (Wildman–Crippen MR) is 67.2 cm³/mol. The van der Waals surface area contributed by atoms with Crippen LogP contribution in [-0.2, 0) is 6.42 Å². The predicted octanol–water partition coefficient (Wildman–Crippen LogP) is 2.97. The summed E-state index contributed by atoms with van der Waals surface area (Å²) in [6.45, 7) is 0. The van der Waals surface area contributed by atoms with Crippen molar-refractivity contribution >= 4 is 17.2 Å². The molecule has 17 heavy (non-hydrogen) atoms.